The molecule has 2 heterocycles. The maximum absolute atomic E-state index is 13.5. The lowest BCUT2D eigenvalue weighted by atomic mass is 10.2. The molecule has 0 aliphatic carbocycles. The van der Waals surface area contributed by atoms with Crippen LogP contribution in [0.15, 0.2) is 80.0 Å². The van der Waals surface area contributed by atoms with Gasteiger partial charge in [0.1, 0.15) is 10.0 Å². The summed E-state index contributed by atoms with van der Waals surface area (Å²) in [6.07, 6.45) is 0. The van der Waals surface area contributed by atoms with Crippen molar-refractivity contribution < 1.29 is 17.6 Å². The Morgan fingerprint density at radius 2 is 1.79 bits per heavy atom. The first-order valence-electron chi connectivity index (χ1n) is 9.54. The molecule has 0 saturated carbocycles. The number of halogens is 2. The number of rotatable bonds is 7. The fourth-order valence-electron chi connectivity index (χ4n) is 3.20. The second-order valence-corrected chi connectivity index (χ2v) is 12.2. The zero-order chi connectivity index (χ0) is 23.8. The molecule has 0 aliphatic heterocycles. The van der Waals surface area contributed by atoms with E-state index < -0.39 is 26.8 Å². The van der Waals surface area contributed by atoms with Crippen LogP contribution in [0.2, 0.25) is 5.02 Å². The Kier molecular flexibility index (Phi) is 6.62. The molecule has 1 unspecified atom stereocenters. The summed E-state index contributed by atoms with van der Waals surface area (Å²) in [5.41, 5.74) is 6.57. The lowest BCUT2D eigenvalue weighted by molar-refractivity contribution is -0.117. The molecule has 0 aliphatic rings. The van der Waals surface area contributed by atoms with Crippen LogP contribution in [0.1, 0.15) is 16.6 Å². The summed E-state index contributed by atoms with van der Waals surface area (Å²) in [5.74, 6) is -1.48. The minimum atomic E-state index is -4.18. The van der Waals surface area contributed by atoms with Crippen LogP contribution in [0, 0.1) is 12.7 Å². The molecule has 0 saturated heterocycles. The molecule has 0 radical (unpaired) electrons. The molecule has 0 spiro atoms. The van der Waals surface area contributed by atoms with E-state index in [-0.39, 0.29) is 9.90 Å². The normalized spacial score (nSPS) is 12.6. The van der Waals surface area contributed by atoms with Crippen molar-refractivity contribution in [2.75, 3.05) is 0 Å². The summed E-state index contributed by atoms with van der Waals surface area (Å²) in [4.78, 5) is 13.3. The summed E-state index contributed by atoms with van der Waals surface area (Å²) in [6.45, 7) is 1.67. The highest BCUT2D eigenvalue weighted by molar-refractivity contribution is 8.01. The summed E-state index contributed by atoms with van der Waals surface area (Å²) in [6, 6.07) is 17.1. The number of benzene rings is 2. The Morgan fingerprint density at radius 1 is 1.12 bits per heavy atom. The molecule has 0 bridgehead atoms. The smallest absolute Gasteiger partial charge is 0.242 e. The van der Waals surface area contributed by atoms with Crippen LogP contribution in [0.5, 0.6) is 0 Å². The zero-order valence-electron chi connectivity index (χ0n) is 17.1. The van der Waals surface area contributed by atoms with E-state index in [1.165, 1.54) is 52.8 Å². The topological polar surface area (TPSA) is 95.0 Å². The van der Waals surface area contributed by atoms with Crippen LogP contribution >= 0.6 is 34.7 Å². The Bertz CT molecular complexity index is 1420. The van der Waals surface area contributed by atoms with E-state index in [2.05, 4.69) is 5.10 Å². The maximum Gasteiger partial charge on any atom is 0.242 e. The number of aryl methyl sites for hydroxylation is 1. The van der Waals surface area contributed by atoms with Crippen LogP contribution < -0.4 is 5.73 Å². The van der Waals surface area contributed by atoms with Gasteiger partial charge in [0, 0.05) is 9.92 Å². The molecule has 2 aromatic heterocycles. The van der Waals surface area contributed by atoms with Crippen molar-refractivity contribution >= 4 is 50.4 Å². The minimum Gasteiger partial charge on any atom is -0.368 e. The summed E-state index contributed by atoms with van der Waals surface area (Å²) < 4.78 is 42.4. The SMILES string of the molecule is Cc1cc(C(C(N)=O)S(=O)(=O)c2ccc(Sc3ccc(Cl)cc3)s2)n(-c2ccc(F)cc2)n1. The van der Waals surface area contributed by atoms with Crippen LogP contribution in [0.25, 0.3) is 5.69 Å². The molecule has 1 atom stereocenters. The average molecular weight is 522 g/mol. The predicted octanol–water partition coefficient (Wildman–Crippen LogP) is 5.19. The highest BCUT2D eigenvalue weighted by Crippen LogP contribution is 2.39. The van der Waals surface area contributed by atoms with E-state index in [1.54, 1.807) is 25.1 Å². The number of amides is 1. The Labute approximate surface area is 203 Å². The number of aromatic nitrogens is 2. The zero-order valence-corrected chi connectivity index (χ0v) is 20.3. The standard InChI is InChI=1S/C22H17ClFN3O3S3/c1-13-12-18(27(26-13)16-6-4-15(24)5-7-16)21(22(25)28)33(29,30)20-11-10-19(32-20)31-17-8-2-14(23)3-9-17/h2-12,21H,1H3,(H2,25,28). The molecular weight excluding hydrogens is 505 g/mol. The van der Waals surface area contributed by atoms with E-state index in [1.807, 2.05) is 12.1 Å². The lowest BCUT2D eigenvalue weighted by Gasteiger charge is -2.15. The molecule has 33 heavy (non-hydrogen) atoms. The van der Waals surface area contributed by atoms with Crippen LogP contribution in [-0.4, -0.2) is 24.1 Å². The van der Waals surface area contributed by atoms with Gasteiger partial charge in [0.2, 0.25) is 15.7 Å². The third-order valence-corrected chi connectivity index (χ3v) is 9.65. The van der Waals surface area contributed by atoms with Gasteiger partial charge in [-0.2, -0.15) is 5.10 Å². The third kappa shape index (κ3) is 4.98. The first-order chi connectivity index (χ1) is 15.6. The Morgan fingerprint density at radius 3 is 2.42 bits per heavy atom. The fourth-order valence-corrected chi connectivity index (χ4v) is 7.62. The number of hydrogen-bond donors (Lipinski definition) is 1. The van der Waals surface area contributed by atoms with Gasteiger partial charge in [-0.3, -0.25) is 4.79 Å². The van der Waals surface area contributed by atoms with Crippen molar-refractivity contribution in [3.05, 3.63) is 89.0 Å². The quantitative estimate of drug-likeness (QED) is 0.361. The van der Waals surface area contributed by atoms with Crippen molar-refractivity contribution in [1.29, 1.82) is 0 Å². The minimum absolute atomic E-state index is 0.00673. The van der Waals surface area contributed by atoms with Crippen LogP contribution in [0.3, 0.4) is 0 Å². The van der Waals surface area contributed by atoms with Gasteiger partial charge in [0.25, 0.3) is 0 Å². The van der Waals surface area contributed by atoms with Crippen molar-refractivity contribution in [1.82, 2.24) is 9.78 Å². The second kappa shape index (κ2) is 9.30. The lowest BCUT2D eigenvalue weighted by Crippen LogP contribution is -2.30. The number of nitrogens with zero attached hydrogens (tertiary/aromatic N) is 2. The number of nitrogens with two attached hydrogens (primary N) is 1. The number of hydrogen-bond acceptors (Lipinski definition) is 6. The molecule has 2 N–H and O–H groups in total. The molecular formula is C22H17ClFN3O3S3. The molecule has 6 nitrogen and oxygen atoms in total. The van der Waals surface area contributed by atoms with Gasteiger partial charge in [0.15, 0.2) is 5.25 Å². The summed E-state index contributed by atoms with van der Waals surface area (Å²) >= 11 is 8.34. The maximum atomic E-state index is 13.5. The molecule has 11 heteroatoms. The molecule has 2 aromatic carbocycles. The molecule has 4 aromatic rings. The van der Waals surface area contributed by atoms with Gasteiger partial charge in [-0.05, 0) is 73.7 Å². The van der Waals surface area contributed by atoms with Crippen LogP contribution in [-0.2, 0) is 14.6 Å². The van der Waals surface area contributed by atoms with Gasteiger partial charge in [0.05, 0.1) is 21.3 Å². The van der Waals surface area contributed by atoms with Gasteiger partial charge < -0.3 is 5.73 Å². The third-order valence-electron chi connectivity index (χ3n) is 4.64. The molecule has 1 amide bonds. The molecule has 170 valence electrons. The molecule has 4 rings (SSSR count). The highest BCUT2D eigenvalue weighted by atomic mass is 35.5. The van der Waals surface area contributed by atoms with Gasteiger partial charge in [-0.25, -0.2) is 17.5 Å². The molecule has 0 fully saturated rings. The highest BCUT2D eigenvalue weighted by Gasteiger charge is 2.38. The first-order valence-corrected chi connectivity index (χ1v) is 13.1. The largest absolute Gasteiger partial charge is 0.368 e. The van der Waals surface area contributed by atoms with Gasteiger partial charge >= 0.3 is 0 Å². The van der Waals surface area contributed by atoms with E-state index in [4.69, 9.17) is 17.3 Å². The number of sulfone groups is 1. The number of thiophene rings is 1. The number of primary amides is 1. The number of carbonyl (C=O) groups excluding carboxylic acids is 1. The van der Waals surface area contributed by atoms with E-state index in [0.29, 0.717) is 16.4 Å². The van der Waals surface area contributed by atoms with Crippen molar-refractivity contribution in [3.8, 4) is 5.69 Å². The predicted molar refractivity (Wildman–Crippen MR) is 127 cm³/mol. The monoisotopic (exact) mass is 521 g/mol. The van der Waals surface area contributed by atoms with Crippen molar-refractivity contribution in [2.45, 2.75) is 25.5 Å². The summed E-state index contributed by atoms with van der Waals surface area (Å²) in [5, 5.41) is 3.23. The van der Waals surface area contributed by atoms with E-state index in [0.717, 1.165) is 20.4 Å². The van der Waals surface area contributed by atoms with E-state index in [9.17, 15) is 17.6 Å². The van der Waals surface area contributed by atoms with Gasteiger partial charge in [-0.15, -0.1) is 11.3 Å². The van der Waals surface area contributed by atoms with Crippen LogP contribution in [0.4, 0.5) is 4.39 Å². The Balaban J connectivity index is 1.72. The van der Waals surface area contributed by atoms with E-state index >= 15 is 0 Å². The summed E-state index contributed by atoms with van der Waals surface area (Å²) in [7, 11) is -4.18. The first kappa shape index (κ1) is 23.5. The Hall–Kier alpha value is -2.66. The number of carbonyl (C=O) groups is 1. The van der Waals surface area contributed by atoms with Gasteiger partial charge in [-0.1, -0.05) is 23.4 Å². The van der Waals surface area contributed by atoms with Crippen molar-refractivity contribution in [2.24, 2.45) is 5.73 Å². The fraction of sp³-hybridized carbons (Fsp3) is 0.0909. The average Bonchev–Trinajstić information content (AvgIpc) is 3.37. The van der Waals surface area contributed by atoms with Crippen molar-refractivity contribution in [3.63, 3.8) is 0 Å². The second-order valence-electron chi connectivity index (χ2n) is 7.06.